The summed E-state index contributed by atoms with van der Waals surface area (Å²) in [6.45, 7) is 10.6. The lowest BCUT2D eigenvalue weighted by Crippen LogP contribution is -2.44. The highest BCUT2D eigenvalue weighted by atomic mass is 35.5. The second kappa shape index (κ2) is 9.28. The minimum absolute atomic E-state index is 0.00582. The van der Waals surface area contributed by atoms with Gasteiger partial charge in [0.2, 0.25) is 0 Å². The van der Waals surface area contributed by atoms with Gasteiger partial charge < -0.3 is 20.1 Å². The number of nitrogens with zero attached hydrogens (tertiary/aromatic N) is 4. The molecule has 4 rings (SSSR count). The summed E-state index contributed by atoms with van der Waals surface area (Å²) >= 11 is 6.25. The zero-order chi connectivity index (χ0) is 25.5. The number of ether oxygens (including phenoxy) is 1. The van der Waals surface area contributed by atoms with Gasteiger partial charge in [0.05, 0.1) is 41.5 Å². The molecule has 1 atom stereocenters. The van der Waals surface area contributed by atoms with Gasteiger partial charge in [-0.25, -0.2) is 19.7 Å². The van der Waals surface area contributed by atoms with E-state index in [0.717, 1.165) is 36.5 Å². The summed E-state index contributed by atoms with van der Waals surface area (Å²) in [6, 6.07) is 3.79. The van der Waals surface area contributed by atoms with Crippen molar-refractivity contribution in [2.75, 3.05) is 23.3 Å². The summed E-state index contributed by atoms with van der Waals surface area (Å²) in [5, 5.41) is 13.7. The number of aliphatic hydroxyl groups is 1. The van der Waals surface area contributed by atoms with E-state index in [2.05, 4.69) is 20.2 Å². The summed E-state index contributed by atoms with van der Waals surface area (Å²) < 4.78 is 5.37. The second-order valence-corrected chi connectivity index (χ2v) is 11.0. The number of rotatable bonds is 4. The fourth-order valence-electron chi connectivity index (χ4n) is 4.42. The number of aromatic nitrogens is 2. The first-order valence-corrected chi connectivity index (χ1v) is 12.1. The van der Waals surface area contributed by atoms with Crippen molar-refractivity contribution in [3.05, 3.63) is 40.8 Å². The fourth-order valence-corrected chi connectivity index (χ4v) is 4.62. The molecule has 10 heteroatoms. The Labute approximate surface area is 210 Å². The van der Waals surface area contributed by atoms with Crippen LogP contribution in [0.25, 0.3) is 0 Å². The van der Waals surface area contributed by atoms with Gasteiger partial charge in [-0.1, -0.05) is 11.6 Å². The van der Waals surface area contributed by atoms with Crippen molar-refractivity contribution in [3.8, 4) is 0 Å². The molecule has 0 aromatic carbocycles. The molecule has 0 spiro atoms. The van der Waals surface area contributed by atoms with Crippen LogP contribution < -0.4 is 10.2 Å². The number of amides is 2. The fraction of sp³-hybridized carbons (Fsp3) is 0.520. The number of anilines is 3. The number of piperidine rings is 1. The molecule has 0 saturated carbocycles. The van der Waals surface area contributed by atoms with Gasteiger partial charge >= 0.3 is 6.09 Å². The topological polar surface area (TPSA) is 108 Å². The van der Waals surface area contributed by atoms with Crippen molar-refractivity contribution in [1.82, 2.24) is 14.9 Å². The van der Waals surface area contributed by atoms with Crippen molar-refractivity contribution in [2.45, 2.75) is 65.2 Å². The summed E-state index contributed by atoms with van der Waals surface area (Å²) in [6.07, 6.45) is 4.51. The van der Waals surface area contributed by atoms with E-state index >= 15 is 0 Å². The highest BCUT2D eigenvalue weighted by Crippen LogP contribution is 2.35. The van der Waals surface area contributed by atoms with E-state index in [1.165, 1.54) is 6.20 Å². The third-order valence-electron chi connectivity index (χ3n) is 6.31. The van der Waals surface area contributed by atoms with Crippen LogP contribution in [-0.2, 0) is 11.3 Å². The van der Waals surface area contributed by atoms with E-state index in [1.807, 2.05) is 26.0 Å². The highest BCUT2D eigenvalue weighted by molar-refractivity contribution is 6.31. The first kappa shape index (κ1) is 25.2. The number of carbonyl (C=O) groups excluding carboxylic acids is 2. The predicted octanol–water partition coefficient (Wildman–Crippen LogP) is 4.75. The number of halogens is 1. The molecule has 2 N–H and O–H groups in total. The number of fused-ring (bicyclic) bond motifs is 1. The first-order valence-electron chi connectivity index (χ1n) is 11.8. The molecular formula is C25H32ClN5O4. The molecule has 188 valence electrons. The molecular weight excluding hydrogens is 470 g/mol. The van der Waals surface area contributed by atoms with Crippen molar-refractivity contribution in [3.63, 3.8) is 0 Å². The molecule has 1 fully saturated rings. The third-order valence-corrected chi connectivity index (χ3v) is 6.64. The Kier molecular flexibility index (Phi) is 6.68. The Bertz CT molecular complexity index is 1120. The zero-order valence-corrected chi connectivity index (χ0v) is 21.5. The molecule has 1 saturated heterocycles. The molecule has 2 aliphatic heterocycles. The monoisotopic (exact) mass is 501 g/mol. The van der Waals surface area contributed by atoms with E-state index in [0.29, 0.717) is 17.1 Å². The molecule has 9 nitrogen and oxygen atoms in total. The van der Waals surface area contributed by atoms with Gasteiger partial charge in [0.1, 0.15) is 16.6 Å². The zero-order valence-electron chi connectivity index (χ0n) is 20.8. The molecule has 2 aliphatic rings. The maximum Gasteiger partial charge on any atom is 0.417 e. The molecule has 35 heavy (non-hydrogen) atoms. The van der Waals surface area contributed by atoms with Crippen LogP contribution in [0.15, 0.2) is 24.5 Å². The smallest absolute Gasteiger partial charge is 0.417 e. The van der Waals surface area contributed by atoms with Crippen LogP contribution in [0.5, 0.6) is 0 Å². The van der Waals surface area contributed by atoms with Crippen LogP contribution in [0.4, 0.5) is 22.0 Å². The highest BCUT2D eigenvalue weighted by Gasteiger charge is 2.39. The Morgan fingerprint density at radius 3 is 2.57 bits per heavy atom. The molecule has 2 amide bonds. The van der Waals surface area contributed by atoms with Crippen molar-refractivity contribution >= 4 is 40.8 Å². The Morgan fingerprint density at radius 1 is 1.20 bits per heavy atom. The molecule has 0 aliphatic carbocycles. The summed E-state index contributed by atoms with van der Waals surface area (Å²) in [5.74, 6) is 0.221. The predicted molar refractivity (Wildman–Crippen MR) is 134 cm³/mol. The van der Waals surface area contributed by atoms with Crippen molar-refractivity contribution in [1.29, 1.82) is 0 Å². The maximum atomic E-state index is 13.1. The van der Waals surface area contributed by atoms with Crippen molar-refractivity contribution < 1.29 is 19.4 Å². The van der Waals surface area contributed by atoms with E-state index in [9.17, 15) is 14.7 Å². The van der Waals surface area contributed by atoms with Crippen LogP contribution in [0.2, 0.25) is 5.15 Å². The molecule has 0 bridgehead atoms. The molecule has 0 radical (unpaired) electrons. The number of hydrogen-bond donors (Lipinski definition) is 2. The Morgan fingerprint density at radius 2 is 1.94 bits per heavy atom. The molecule has 2 aromatic rings. The standard InChI is InChI=1S/C25H32ClN5O4/c1-24(2,3)35-23(33)31-14-17-20(22(31)32)18(12-28-21(17)26)29-19-9-8-16(11-27-19)30-10-6-7-15(13-30)25(4,5)34/h8-9,11-12,15,34H,6-7,10,13-14H2,1-5H3,(H,27,29). The number of nitrogens with one attached hydrogen (secondary N) is 1. The summed E-state index contributed by atoms with van der Waals surface area (Å²) in [4.78, 5) is 37.6. The quantitative estimate of drug-likeness (QED) is 0.578. The van der Waals surface area contributed by atoms with Crippen LogP contribution in [-0.4, -0.2) is 56.3 Å². The van der Waals surface area contributed by atoms with E-state index in [-0.39, 0.29) is 23.2 Å². The second-order valence-electron chi connectivity index (χ2n) is 10.7. The van der Waals surface area contributed by atoms with Gasteiger partial charge in [-0.3, -0.25) is 4.79 Å². The first-order chi connectivity index (χ1) is 16.3. The van der Waals surface area contributed by atoms with E-state index < -0.39 is 23.2 Å². The van der Waals surface area contributed by atoms with E-state index in [1.54, 1.807) is 27.0 Å². The van der Waals surface area contributed by atoms with Gasteiger partial charge in [0.15, 0.2) is 0 Å². The molecule has 1 unspecified atom stereocenters. The lowest BCUT2D eigenvalue weighted by Gasteiger charge is -2.39. The van der Waals surface area contributed by atoms with Gasteiger partial charge in [-0.05, 0) is 59.6 Å². The summed E-state index contributed by atoms with van der Waals surface area (Å²) in [7, 11) is 0. The lowest BCUT2D eigenvalue weighted by molar-refractivity contribution is 0.0110. The number of carbonyl (C=O) groups is 2. The van der Waals surface area contributed by atoms with Crippen LogP contribution in [0.1, 0.15) is 63.4 Å². The largest absolute Gasteiger partial charge is 0.443 e. The minimum atomic E-state index is -0.734. The van der Waals surface area contributed by atoms with E-state index in [4.69, 9.17) is 16.3 Å². The normalized spacial score (nSPS) is 18.5. The minimum Gasteiger partial charge on any atom is -0.443 e. The SMILES string of the molecule is CC(C)(C)OC(=O)N1Cc2c(Cl)ncc(Nc3ccc(N4CCCC(C(C)(C)O)C4)cn3)c2C1=O. The van der Waals surface area contributed by atoms with Gasteiger partial charge in [0, 0.05) is 24.6 Å². The van der Waals surface area contributed by atoms with Gasteiger partial charge in [-0.2, -0.15) is 0 Å². The molecule has 2 aromatic heterocycles. The lowest BCUT2D eigenvalue weighted by atomic mass is 9.84. The van der Waals surface area contributed by atoms with Crippen LogP contribution in [0.3, 0.4) is 0 Å². The third kappa shape index (κ3) is 5.51. The number of pyridine rings is 2. The average molecular weight is 502 g/mol. The average Bonchev–Trinajstić information content (AvgIpc) is 3.13. The van der Waals surface area contributed by atoms with Gasteiger partial charge in [0.25, 0.3) is 5.91 Å². The summed E-state index contributed by atoms with van der Waals surface area (Å²) in [5.41, 5.74) is 0.676. The van der Waals surface area contributed by atoms with Crippen LogP contribution >= 0.6 is 11.6 Å². The number of imide groups is 1. The van der Waals surface area contributed by atoms with Crippen LogP contribution in [0, 0.1) is 5.92 Å². The Hall–Kier alpha value is -2.91. The Balaban J connectivity index is 1.51. The van der Waals surface area contributed by atoms with Crippen molar-refractivity contribution in [2.24, 2.45) is 5.92 Å². The van der Waals surface area contributed by atoms with Gasteiger partial charge in [-0.15, -0.1) is 0 Å². The number of hydrogen-bond acceptors (Lipinski definition) is 8. The maximum absolute atomic E-state index is 13.1. The molecule has 4 heterocycles.